The third kappa shape index (κ3) is 4.86. The van der Waals surface area contributed by atoms with Gasteiger partial charge in [0, 0.05) is 10.6 Å². The van der Waals surface area contributed by atoms with E-state index in [4.69, 9.17) is 32.7 Å². The van der Waals surface area contributed by atoms with Crippen LogP contribution in [0.2, 0.25) is 10.0 Å². The largest absolute Gasteiger partial charge is 0.497 e. The third-order valence-electron chi connectivity index (χ3n) is 4.45. The van der Waals surface area contributed by atoms with Crippen molar-refractivity contribution in [1.82, 2.24) is 0 Å². The highest BCUT2D eigenvalue weighted by Gasteiger charge is 2.44. The number of halogens is 2. The second-order valence-corrected chi connectivity index (χ2v) is 8.29. The molecule has 0 amide bonds. The number of hydrogen-bond donors (Lipinski definition) is 4. The van der Waals surface area contributed by atoms with E-state index in [1.54, 1.807) is 49.6 Å². The molecule has 4 N–H and O–H groups in total. The van der Waals surface area contributed by atoms with Gasteiger partial charge in [-0.25, -0.2) is 0 Å². The molecule has 1 aliphatic rings. The van der Waals surface area contributed by atoms with Crippen molar-refractivity contribution in [2.45, 2.75) is 34.7 Å². The Morgan fingerprint density at radius 1 is 1.07 bits per heavy atom. The summed E-state index contributed by atoms with van der Waals surface area (Å²) >= 11 is 13.2. The van der Waals surface area contributed by atoms with Crippen molar-refractivity contribution in [1.29, 1.82) is 0 Å². The molecule has 9 heteroatoms. The minimum absolute atomic E-state index is 0.382. The predicted octanol–water partition coefficient (Wildman–Crippen LogP) is 3.01. The van der Waals surface area contributed by atoms with Crippen molar-refractivity contribution in [3.8, 4) is 5.75 Å². The van der Waals surface area contributed by atoms with Crippen LogP contribution in [-0.4, -0.2) is 58.8 Å². The first kappa shape index (κ1) is 21.5. The summed E-state index contributed by atoms with van der Waals surface area (Å²) in [5, 5.41) is 34.9. The number of rotatable bonds is 6. The van der Waals surface area contributed by atoms with Gasteiger partial charge >= 0.3 is 0 Å². The minimum Gasteiger partial charge on any atom is -0.497 e. The Morgan fingerprint density at radius 2 is 1.79 bits per heavy atom. The van der Waals surface area contributed by atoms with E-state index in [-0.39, 0.29) is 6.61 Å². The molecule has 0 radical (unpaired) electrons. The van der Waals surface area contributed by atoms with E-state index in [1.165, 1.54) is 11.8 Å². The highest BCUT2D eigenvalue weighted by Crippen LogP contribution is 2.36. The van der Waals surface area contributed by atoms with Gasteiger partial charge in [0.05, 0.1) is 29.8 Å². The molecule has 152 valence electrons. The van der Waals surface area contributed by atoms with E-state index in [1.807, 2.05) is 0 Å². The standard InChI is InChI=1S/C19H21Cl2NO5S/c1-26-11-4-2-10(3-5-11)22-16-17(24)15(9-23)27-19(18(16)25)28-12-6-7-13(20)14(21)8-12/h2-8,15-19,22-25H,9H2,1H3/t15-,16+,17+,18-,19-/m1/s1. The van der Waals surface area contributed by atoms with E-state index < -0.39 is 29.8 Å². The summed E-state index contributed by atoms with van der Waals surface area (Å²) < 4.78 is 10.8. The molecule has 6 nitrogen and oxygen atoms in total. The maximum absolute atomic E-state index is 10.8. The smallest absolute Gasteiger partial charge is 0.136 e. The first-order valence-corrected chi connectivity index (χ1v) is 10.2. The minimum atomic E-state index is -1.10. The topological polar surface area (TPSA) is 91.2 Å². The highest BCUT2D eigenvalue weighted by molar-refractivity contribution is 7.99. The summed E-state index contributed by atoms with van der Waals surface area (Å²) in [5.74, 6) is 0.694. The van der Waals surface area contributed by atoms with E-state index in [0.717, 1.165) is 4.90 Å². The molecule has 1 aliphatic heterocycles. The number of nitrogens with one attached hydrogen (secondary N) is 1. The van der Waals surface area contributed by atoms with Crippen molar-refractivity contribution in [2.24, 2.45) is 0 Å². The van der Waals surface area contributed by atoms with Gasteiger partial charge < -0.3 is 30.1 Å². The summed E-state index contributed by atoms with van der Waals surface area (Å²) in [7, 11) is 1.57. The monoisotopic (exact) mass is 445 g/mol. The molecule has 0 aromatic heterocycles. The van der Waals surface area contributed by atoms with Gasteiger partial charge in [0.2, 0.25) is 0 Å². The number of hydrogen-bond acceptors (Lipinski definition) is 7. The molecule has 3 rings (SSSR count). The van der Waals surface area contributed by atoms with Gasteiger partial charge in [0.25, 0.3) is 0 Å². The lowest BCUT2D eigenvalue weighted by Crippen LogP contribution is -2.60. The second-order valence-electron chi connectivity index (χ2n) is 6.30. The zero-order valence-electron chi connectivity index (χ0n) is 15.0. The highest BCUT2D eigenvalue weighted by atomic mass is 35.5. The summed E-state index contributed by atoms with van der Waals surface area (Å²) in [6, 6.07) is 11.4. The number of aliphatic hydroxyl groups excluding tert-OH is 3. The Bertz CT molecular complexity index is 794. The molecule has 2 aromatic carbocycles. The van der Waals surface area contributed by atoms with Gasteiger partial charge in [-0.3, -0.25) is 0 Å². The van der Waals surface area contributed by atoms with Crippen LogP contribution in [0.15, 0.2) is 47.4 Å². The molecule has 2 aromatic rings. The molecular weight excluding hydrogens is 425 g/mol. The second kappa shape index (κ2) is 9.54. The first-order chi connectivity index (χ1) is 13.4. The van der Waals surface area contributed by atoms with Crippen molar-refractivity contribution < 1.29 is 24.8 Å². The van der Waals surface area contributed by atoms with Gasteiger partial charge in [-0.15, -0.1) is 0 Å². The molecule has 0 bridgehead atoms. The lowest BCUT2D eigenvalue weighted by atomic mass is 9.97. The maximum atomic E-state index is 10.8. The average Bonchev–Trinajstić information content (AvgIpc) is 2.70. The molecule has 0 aliphatic carbocycles. The zero-order chi connectivity index (χ0) is 20.3. The van der Waals surface area contributed by atoms with Gasteiger partial charge in [-0.2, -0.15) is 0 Å². The zero-order valence-corrected chi connectivity index (χ0v) is 17.3. The Labute approximate surface area is 177 Å². The molecule has 1 heterocycles. The van der Waals surface area contributed by atoms with Gasteiger partial charge in [0.15, 0.2) is 0 Å². The summed E-state index contributed by atoms with van der Waals surface area (Å²) in [4.78, 5) is 0.745. The molecule has 1 fully saturated rings. The third-order valence-corrected chi connectivity index (χ3v) is 6.34. The van der Waals surface area contributed by atoms with Crippen LogP contribution in [0.1, 0.15) is 0 Å². The fraction of sp³-hybridized carbons (Fsp3) is 0.368. The maximum Gasteiger partial charge on any atom is 0.136 e. The van der Waals surface area contributed by atoms with Crippen molar-refractivity contribution in [3.63, 3.8) is 0 Å². The van der Waals surface area contributed by atoms with E-state index >= 15 is 0 Å². The van der Waals surface area contributed by atoms with Crippen LogP contribution in [0.4, 0.5) is 5.69 Å². The lowest BCUT2D eigenvalue weighted by molar-refractivity contribution is -0.156. The SMILES string of the molecule is COc1ccc(N[C@@H]2[C@@H](O)[C@@H](Sc3ccc(Cl)c(Cl)c3)O[C@H](CO)[C@@H]2O)cc1. The van der Waals surface area contributed by atoms with Crippen LogP contribution in [-0.2, 0) is 4.74 Å². The van der Waals surface area contributed by atoms with Crippen LogP contribution in [0, 0.1) is 0 Å². The summed E-state index contributed by atoms with van der Waals surface area (Å²) in [6.07, 6.45) is -3.01. The van der Waals surface area contributed by atoms with Gasteiger partial charge in [-0.05, 0) is 42.5 Å². The number of methoxy groups -OCH3 is 1. The Balaban J connectivity index is 1.78. The number of aliphatic hydroxyl groups is 3. The molecular formula is C19H21Cl2NO5S. The van der Waals surface area contributed by atoms with Crippen LogP contribution < -0.4 is 10.1 Å². The van der Waals surface area contributed by atoms with Crippen LogP contribution in [0.25, 0.3) is 0 Å². The summed E-state index contributed by atoms with van der Waals surface area (Å²) in [5.41, 5.74) is -0.0330. The molecule has 0 unspecified atom stereocenters. The van der Waals surface area contributed by atoms with Gasteiger partial charge in [-0.1, -0.05) is 35.0 Å². The molecule has 0 saturated carbocycles. The number of thioether (sulfide) groups is 1. The van der Waals surface area contributed by atoms with Crippen molar-refractivity contribution >= 4 is 40.7 Å². The number of anilines is 1. The van der Waals surface area contributed by atoms with Crippen LogP contribution in [0.5, 0.6) is 5.75 Å². The first-order valence-electron chi connectivity index (χ1n) is 8.57. The fourth-order valence-corrected chi connectivity index (χ4v) is 4.39. The van der Waals surface area contributed by atoms with E-state index in [0.29, 0.717) is 21.5 Å². The quantitative estimate of drug-likeness (QED) is 0.542. The lowest BCUT2D eigenvalue weighted by Gasteiger charge is -2.42. The molecule has 0 spiro atoms. The Morgan fingerprint density at radius 3 is 2.39 bits per heavy atom. The Hall–Kier alpha value is -1.19. The van der Waals surface area contributed by atoms with Gasteiger partial charge in [0.1, 0.15) is 29.5 Å². The van der Waals surface area contributed by atoms with Crippen molar-refractivity contribution in [2.75, 3.05) is 19.0 Å². The molecule has 5 atom stereocenters. The fourth-order valence-electron chi connectivity index (χ4n) is 2.92. The van der Waals surface area contributed by atoms with Crippen molar-refractivity contribution in [3.05, 3.63) is 52.5 Å². The van der Waals surface area contributed by atoms with E-state index in [2.05, 4.69) is 5.32 Å². The number of ether oxygens (including phenoxy) is 2. The summed E-state index contributed by atoms with van der Waals surface area (Å²) in [6.45, 7) is -0.382. The molecule has 1 saturated heterocycles. The van der Waals surface area contributed by atoms with Crippen LogP contribution in [0.3, 0.4) is 0 Å². The number of benzene rings is 2. The van der Waals surface area contributed by atoms with E-state index in [9.17, 15) is 15.3 Å². The van der Waals surface area contributed by atoms with Crippen LogP contribution >= 0.6 is 35.0 Å². The Kier molecular flexibility index (Phi) is 7.33. The molecule has 28 heavy (non-hydrogen) atoms. The predicted molar refractivity (Wildman–Crippen MR) is 110 cm³/mol. The average molecular weight is 446 g/mol. The normalized spacial score (nSPS) is 27.4.